The zero-order valence-corrected chi connectivity index (χ0v) is 25.5. The van der Waals surface area contributed by atoms with E-state index < -0.39 is 58.7 Å². The number of aryl methyl sites for hydroxylation is 1. The van der Waals surface area contributed by atoms with Crippen LogP contribution in [0.25, 0.3) is 0 Å². The number of oxazole rings is 1. The summed E-state index contributed by atoms with van der Waals surface area (Å²) in [7, 11) is 0. The highest BCUT2D eigenvalue weighted by molar-refractivity contribution is 6.45. The summed E-state index contributed by atoms with van der Waals surface area (Å²) >= 11 is 0. The van der Waals surface area contributed by atoms with Crippen LogP contribution in [-0.2, 0) is 19.2 Å². The average molecular weight is 596 g/mol. The zero-order chi connectivity index (χ0) is 31.9. The second-order valence-corrected chi connectivity index (χ2v) is 12.3. The second-order valence-electron chi connectivity index (χ2n) is 12.3. The van der Waals surface area contributed by atoms with Gasteiger partial charge in [-0.1, -0.05) is 65.0 Å². The van der Waals surface area contributed by atoms with Crippen molar-refractivity contribution in [1.29, 1.82) is 0 Å². The number of nitrogens with zero attached hydrogens (tertiary/aromatic N) is 1. The van der Waals surface area contributed by atoms with Crippen LogP contribution in [-0.4, -0.2) is 64.8 Å². The summed E-state index contributed by atoms with van der Waals surface area (Å²) in [5, 5.41) is 10.8. The van der Waals surface area contributed by atoms with Crippen molar-refractivity contribution in [3.05, 3.63) is 53.7 Å². The van der Waals surface area contributed by atoms with Gasteiger partial charge in [0.25, 0.3) is 5.91 Å². The van der Waals surface area contributed by atoms with Crippen molar-refractivity contribution in [2.45, 2.75) is 78.9 Å². The van der Waals surface area contributed by atoms with Gasteiger partial charge in [0.1, 0.15) is 12.1 Å². The van der Waals surface area contributed by atoms with Crippen LogP contribution < -0.4 is 21.3 Å². The number of carbonyl (C=O) groups excluding carboxylic acids is 6. The fourth-order valence-electron chi connectivity index (χ4n) is 4.85. The third-order valence-corrected chi connectivity index (χ3v) is 7.16. The first-order valence-corrected chi connectivity index (χ1v) is 14.4. The van der Waals surface area contributed by atoms with Gasteiger partial charge in [0.15, 0.2) is 5.89 Å². The van der Waals surface area contributed by atoms with Gasteiger partial charge in [0.05, 0.1) is 12.2 Å². The molecule has 2 aromatic rings. The molecule has 0 aliphatic carbocycles. The zero-order valence-electron chi connectivity index (χ0n) is 25.5. The fourth-order valence-corrected chi connectivity index (χ4v) is 4.85. The highest BCUT2D eigenvalue weighted by atomic mass is 16.4. The van der Waals surface area contributed by atoms with Gasteiger partial charge in [-0.25, -0.2) is 4.98 Å². The number of hydrogen-bond acceptors (Lipinski definition) is 8. The number of hydrogen-bond donors (Lipinski definition) is 4. The Hall–Kier alpha value is -4.35. The van der Waals surface area contributed by atoms with Crippen LogP contribution in [0.3, 0.4) is 0 Å². The van der Waals surface area contributed by atoms with E-state index in [9.17, 15) is 28.8 Å². The van der Waals surface area contributed by atoms with Gasteiger partial charge >= 0.3 is 0 Å². The summed E-state index contributed by atoms with van der Waals surface area (Å²) in [6.07, 6.45) is 1.87. The van der Waals surface area contributed by atoms with Crippen molar-refractivity contribution in [2.75, 3.05) is 6.54 Å². The summed E-state index contributed by atoms with van der Waals surface area (Å²) in [5.41, 5.74) is -0.593. The van der Waals surface area contributed by atoms with Gasteiger partial charge in [-0.15, -0.1) is 0 Å². The molecule has 4 amide bonds. The predicted molar refractivity (Wildman–Crippen MR) is 157 cm³/mol. The lowest BCUT2D eigenvalue weighted by molar-refractivity contribution is -0.133. The molecule has 0 bridgehead atoms. The maximum atomic E-state index is 13.7. The third kappa shape index (κ3) is 9.07. The minimum Gasteiger partial charge on any atom is -0.436 e. The minimum atomic E-state index is -1.28. The van der Waals surface area contributed by atoms with Crippen molar-refractivity contribution in [3.8, 4) is 0 Å². The van der Waals surface area contributed by atoms with Crippen LogP contribution in [0, 0.1) is 24.2 Å². The Kier molecular flexibility index (Phi) is 11.0. The number of aromatic nitrogens is 1. The number of Topliss-reactive ketones (excluding diaryl/α,β-unsaturated/α-hetero) is 2. The van der Waals surface area contributed by atoms with Crippen molar-refractivity contribution in [2.24, 2.45) is 17.3 Å². The number of rotatable bonds is 13. The predicted octanol–water partition coefficient (Wildman–Crippen LogP) is 2.12. The van der Waals surface area contributed by atoms with Crippen molar-refractivity contribution in [1.82, 2.24) is 26.3 Å². The number of ketones is 2. The van der Waals surface area contributed by atoms with Gasteiger partial charge in [-0.05, 0) is 30.6 Å². The molecule has 2 unspecified atom stereocenters. The first-order valence-electron chi connectivity index (χ1n) is 14.4. The quantitative estimate of drug-likeness (QED) is 0.201. The first-order chi connectivity index (χ1) is 20.2. The van der Waals surface area contributed by atoms with Crippen LogP contribution in [0.4, 0.5) is 0 Å². The summed E-state index contributed by atoms with van der Waals surface area (Å²) in [5.74, 6) is -4.19. The monoisotopic (exact) mass is 595 g/mol. The highest BCUT2D eigenvalue weighted by Gasteiger charge is 2.38. The van der Waals surface area contributed by atoms with Crippen LogP contribution in [0.1, 0.15) is 80.7 Å². The van der Waals surface area contributed by atoms with E-state index >= 15 is 0 Å². The molecule has 0 spiro atoms. The lowest BCUT2D eigenvalue weighted by Crippen LogP contribution is -2.59. The van der Waals surface area contributed by atoms with E-state index in [0.717, 1.165) is 0 Å². The van der Waals surface area contributed by atoms with Crippen molar-refractivity contribution < 1.29 is 33.2 Å². The standard InChI is InChI=1S/C31H41N5O7/c1-17(2)14-22(35-30(42)26(31(4,5)6)36-29(41)23-16-33-18(3)43-23)28(40)34-21(15-20-12-13-32-27(20)39)25(38)24(37)19-10-8-7-9-11-19/h7-11,16-17,20-22,26H,12-15H2,1-6H3,(H,32,39)(H,34,40)(H,35,42)(H,36,41)/t20?,21?,22-,26+/m0/s1. The largest absolute Gasteiger partial charge is 0.436 e. The molecule has 2 heterocycles. The average Bonchev–Trinajstić information content (AvgIpc) is 3.57. The molecule has 1 aliphatic heterocycles. The molecular weight excluding hydrogens is 554 g/mol. The second kappa shape index (κ2) is 14.2. The lowest BCUT2D eigenvalue weighted by Gasteiger charge is -2.32. The fraction of sp³-hybridized carbons (Fsp3) is 0.516. The Balaban J connectivity index is 1.82. The van der Waals surface area contributed by atoms with E-state index in [0.29, 0.717) is 18.9 Å². The number of nitrogens with one attached hydrogen (secondary N) is 4. The Morgan fingerprint density at radius 1 is 1.00 bits per heavy atom. The van der Waals surface area contributed by atoms with E-state index in [1.165, 1.54) is 18.3 Å². The molecule has 3 rings (SSSR count). The molecule has 1 aromatic carbocycles. The third-order valence-electron chi connectivity index (χ3n) is 7.16. The Bertz CT molecular complexity index is 1350. The molecule has 1 saturated heterocycles. The van der Waals surface area contributed by atoms with Crippen LogP contribution >= 0.6 is 0 Å². The van der Waals surface area contributed by atoms with E-state index in [1.54, 1.807) is 45.9 Å². The Labute approximate surface area is 251 Å². The van der Waals surface area contributed by atoms with E-state index in [4.69, 9.17) is 4.42 Å². The first kappa shape index (κ1) is 33.2. The molecule has 1 fully saturated rings. The molecule has 1 aliphatic rings. The van der Waals surface area contributed by atoms with Gasteiger partial charge < -0.3 is 25.7 Å². The lowest BCUT2D eigenvalue weighted by atomic mass is 9.85. The SMILES string of the molecule is Cc1ncc(C(=O)N[C@H](C(=O)N[C@@H](CC(C)C)C(=O)NC(CC2CCNC2=O)C(=O)C(=O)c2ccccc2)C(C)(C)C)o1. The normalized spacial score (nSPS) is 17.0. The van der Waals surface area contributed by atoms with Crippen molar-refractivity contribution >= 4 is 35.2 Å². The summed E-state index contributed by atoms with van der Waals surface area (Å²) in [6, 6.07) is 4.53. The molecule has 232 valence electrons. The van der Waals surface area contributed by atoms with Crippen LogP contribution in [0.5, 0.6) is 0 Å². The van der Waals surface area contributed by atoms with Crippen molar-refractivity contribution in [3.63, 3.8) is 0 Å². The summed E-state index contributed by atoms with van der Waals surface area (Å²) < 4.78 is 5.28. The van der Waals surface area contributed by atoms with Gasteiger partial charge in [-0.3, -0.25) is 28.8 Å². The van der Waals surface area contributed by atoms with Gasteiger partial charge in [0.2, 0.25) is 35.0 Å². The smallest absolute Gasteiger partial charge is 0.289 e. The molecule has 0 radical (unpaired) electrons. The van der Waals surface area contributed by atoms with Crippen LogP contribution in [0.2, 0.25) is 0 Å². The maximum absolute atomic E-state index is 13.7. The minimum absolute atomic E-state index is 0.0448. The topological polar surface area (TPSA) is 177 Å². The molecule has 12 nitrogen and oxygen atoms in total. The van der Waals surface area contributed by atoms with E-state index in [-0.39, 0.29) is 36.0 Å². The molecule has 43 heavy (non-hydrogen) atoms. The molecule has 4 atom stereocenters. The molecule has 0 saturated carbocycles. The maximum Gasteiger partial charge on any atom is 0.289 e. The summed E-state index contributed by atoms with van der Waals surface area (Å²) in [4.78, 5) is 82.7. The molecule has 4 N–H and O–H groups in total. The van der Waals surface area contributed by atoms with E-state index in [2.05, 4.69) is 26.3 Å². The number of carbonyl (C=O) groups is 6. The number of benzene rings is 1. The van der Waals surface area contributed by atoms with E-state index in [1.807, 2.05) is 13.8 Å². The number of amides is 4. The molecule has 12 heteroatoms. The highest BCUT2D eigenvalue weighted by Crippen LogP contribution is 2.22. The van der Waals surface area contributed by atoms with Gasteiger partial charge in [-0.2, -0.15) is 0 Å². The van der Waals surface area contributed by atoms with Crippen LogP contribution in [0.15, 0.2) is 40.9 Å². The van der Waals surface area contributed by atoms with Gasteiger partial charge in [0, 0.05) is 24.9 Å². The Morgan fingerprint density at radius 3 is 2.19 bits per heavy atom. The molecular formula is C31H41N5O7. The Morgan fingerprint density at radius 2 is 1.65 bits per heavy atom. The molecule has 1 aromatic heterocycles. The summed E-state index contributed by atoms with van der Waals surface area (Å²) in [6.45, 7) is 11.0.